The van der Waals surface area contributed by atoms with E-state index < -0.39 is 24.4 Å². The van der Waals surface area contributed by atoms with Gasteiger partial charge in [-0.2, -0.15) is 0 Å². The summed E-state index contributed by atoms with van der Waals surface area (Å²) in [6.45, 7) is 5.59. The minimum absolute atomic E-state index is 0.0707. The van der Waals surface area contributed by atoms with E-state index in [4.69, 9.17) is 16.3 Å². The quantitative estimate of drug-likeness (QED) is 0.755. The molecule has 1 N–H and O–H groups in total. The molecule has 2 amide bonds. The number of rotatable bonds is 5. The van der Waals surface area contributed by atoms with Gasteiger partial charge in [0.05, 0.1) is 5.92 Å². The van der Waals surface area contributed by atoms with Gasteiger partial charge in [0.15, 0.2) is 6.61 Å². The zero-order valence-electron chi connectivity index (χ0n) is 16.6. The van der Waals surface area contributed by atoms with Crippen LogP contribution in [0.1, 0.15) is 23.1 Å². The SMILES string of the molecule is Cc1ccc(Cl)cc1NC(=O)COC(=O)[C@@H]1CC(=O)N(c2cccc(C)c2C)C1. The minimum Gasteiger partial charge on any atom is -0.455 e. The first kappa shape index (κ1) is 20.9. The monoisotopic (exact) mass is 414 g/mol. The third-order valence-corrected chi connectivity index (χ3v) is 5.38. The van der Waals surface area contributed by atoms with Gasteiger partial charge in [-0.1, -0.05) is 29.8 Å². The first-order valence-corrected chi connectivity index (χ1v) is 9.73. The van der Waals surface area contributed by atoms with E-state index in [1.807, 2.05) is 39.0 Å². The molecule has 2 aromatic rings. The van der Waals surface area contributed by atoms with Crippen LogP contribution < -0.4 is 10.2 Å². The molecule has 1 fully saturated rings. The van der Waals surface area contributed by atoms with Crippen LogP contribution in [0.25, 0.3) is 0 Å². The molecule has 0 bridgehead atoms. The van der Waals surface area contributed by atoms with Crippen molar-refractivity contribution < 1.29 is 19.1 Å². The fraction of sp³-hybridized carbons (Fsp3) is 0.318. The molecule has 152 valence electrons. The molecule has 0 spiro atoms. The van der Waals surface area contributed by atoms with E-state index in [0.29, 0.717) is 10.7 Å². The molecule has 2 aromatic carbocycles. The number of nitrogens with one attached hydrogen (secondary N) is 1. The van der Waals surface area contributed by atoms with E-state index >= 15 is 0 Å². The maximum Gasteiger partial charge on any atom is 0.311 e. The molecule has 0 unspecified atom stereocenters. The number of carbonyl (C=O) groups excluding carboxylic acids is 3. The summed E-state index contributed by atoms with van der Waals surface area (Å²) in [5.41, 5.74) is 4.30. The van der Waals surface area contributed by atoms with Crippen LogP contribution in [0, 0.1) is 26.7 Å². The number of carbonyl (C=O) groups is 3. The highest BCUT2D eigenvalue weighted by Crippen LogP contribution is 2.30. The molecule has 0 radical (unpaired) electrons. The number of hydrogen-bond acceptors (Lipinski definition) is 4. The van der Waals surface area contributed by atoms with Gasteiger partial charge in [0.2, 0.25) is 5.91 Å². The van der Waals surface area contributed by atoms with Gasteiger partial charge >= 0.3 is 5.97 Å². The van der Waals surface area contributed by atoms with Crippen molar-refractivity contribution >= 4 is 40.8 Å². The van der Waals surface area contributed by atoms with Crippen LogP contribution in [0.2, 0.25) is 5.02 Å². The van der Waals surface area contributed by atoms with Crippen LogP contribution in [0.5, 0.6) is 0 Å². The number of amides is 2. The molecular formula is C22H23ClN2O4. The lowest BCUT2D eigenvalue weighted by atomic mass is 10.1. The Morgan fingerprint density at radius 1 is 1.17 bits per heavy atom. The smallest absolute Gasteiger partial charge is 0.311 e. The Balaban J connectivity index is 1.57. The Kier molecular flexibility index (Phi) is 6.23. The van der Waals surface area contributed by atoms with Crippen molar-refractivity contribution in [3.63, 3.8) is 0 Å². The Bertz CT molecular complexity index is 973. The van der Waals surface area contributed by atoms with E-state index in [1.54, 1.807) is 23.1 Å². The van der Waals surface area contributed by atoms with E-state index in [0.717, 1.165) is 22.4 Å². The average Bonchev–Trinajstić information content (AvgIpc) is 3.06. The second kappa shape index (κ2) is 8.66. The fourth-order valence-electron chi connectivity index (χ4n) is 3.30. The summed E-state index contributed by atoms with van der Waals surface area (Å²) in [5, 5.41) is 3.18. The molecule has 0 aliphatic carbocycles. The summed E-state index contributed by atoms with van der Waals surface area (Å²) in [7, 11) is 0. The topological polar surface area (TPSA) is 75.7 Å². The van der Waals surface area contributed by atoms with Gasteiger partial charge in [-0.15, -0.1) is 0 Å². The molecular weight excluding hydrogens is 392 g/mol. The fourth-order valence-corrected chi connectivity index (χ4v) is 3.47. The number of esters is 1. The average molecular weight is 415 g/mol. The number of aryl methyl sites for hydroxylation is 2. The molecule has 1 heterocycles. The zero-order chi connectivity index (χ0) is 21.1. The molecule has 3 rings (SSSR count). The van der Waals surface area contributed by atoms with Crippen molar-refractivity contribution in [2.24, 2.45) is 5.92 Å². The highest BCUT2D eigenvalue weighted by Gasteiger charge is 2.37. The van der Waals surface area contributed by atoms with Gasteiger partial charge in [-0.3, -0.25) is 14.4 Å². The molecule has 0 saturated carbocycles. The number of nitrogens with zero attached hydrogens (tertiary/aromatic N) is 1. The molecule has 1 aliphatic rings. The lowest BCUT2D eigenvalue weighted by molar-refractivity contribution is -0.151. The second-order valence-electron chi connectivity index (χ2n) is 7.24. The highest BCUT2D eigenvalue weighted by molar-refractivity contribution is 6.31. The van der Waals surface area contributed by atoms with Crippen LogP contribution in [0.15, 0.2) is 36.4 Å². The van der Waals surface area contributed by atoms with Gasteiger partial charge in [-0.25, -0.2) is 0 Å². The molecule has 0 aromatic heterocycles. The first-order chi connectivity index (χ1) is 13.8. The van der Waals surface area contributed by atoms with Gasteiger partial charge in [0.1, 0.15) is 0 Å². The third kappa shape index (κ3) is 4.77. The standard InChI is InChI=1S/C22H23ClN2O4/c1-13-5-4-6-19(15(13)3)25-11-16(9-21(25)27)22(28)29-12-20(26)24-18-10-17(23)8-7-14(18)2/h4-8,10,16H,9,11-12H2,1-3H3,(H,24,26)/t16-/m1/s1. The molecule has 7 heteroatoms. The molecule has 6 nitrogen and oxygen atoms in total. The van der Waals surface area contributed by atoms with E-state index in [-0.39, 0.29) is 18.9 Å². The van der Waals surface area contributed by atoms with Crippen LogP contribution in [0.3, 0.4) is 0 Å². The predicted octanol–water partition coefficient (Wildman–Crippen LogP) is 3.80. The number of benzene rings is 2. The van der Waals surface area contributed by atoms with Crippen molar-refractivity contribution in [1.82, 2.24) is 0 Å². The lowest BCUT2D eigenvalue weighted by Gasteiger charge is -2.20. The molecule has 1 atom stereocenters. The number of ether oxygens (including phenoxy) is 1. The Labute approximate surface area is 174 Å². The minimum atomic E-state index is -0.594. The molecule has 1 saturated heterocycles. The van der Waals surface area contributed by atoms with Crippen LogP contribution in [-0.4, -0.2) is 30.9 Å². The van der Waals surface area contributed by atoms with Gasteiger partial charge in [0.25, 0.3) is 5.91 Å². The van der Waals surface area contributed by atoms with Crippen molar-refractivity contribution in [2.45, 2.75) is 27.2 Å². The normalized spacial score (nSPS) is 16.1. The second-order valence-corrected chi connectivity index (χ2v) is 7.68. The summed E-state index contributed by atoms with van der Waals surface area (Å²) >= 11 is 5.94. The molecule has 29 heavy (non-hydrogen) atoms. The number of halogens is 1. The zero-order valence-corrected chi connectivity index (χ0v) is 17.4. The highest BCUT2D eigenvalue weighted by atomic mass is 35.5. The lowest BCUT2D eigenvalue weighted by Crippen LogP contribution is -2.28. The van der Waals surface area contributed by atoms with Gasteiger partial charge < -0.3 is 15.0 Å². The van der Waals surface area contributed by atoms with Crippen LogP contribution in [0.4, 0.5) is 11.4 Å². The van der Waals surface area contributed by atoms with Crippen LogP contribution in [-0.2, 0) is 19.1 Å². The summed E-state index contributed by atoms with van der Waals surface area (Å²) in [6.07, 6.45) is 0.0707. The van der Waals surface area contributed by atoms with Crippen molar-refractivity contribution in [3.8, 4) is 0 Å². The summed E-state index contributed by atoms with van der Waals surface area (Å²) < 4.78 is 5.15. The van der Waals surface area contributed by atoms with Crippen LogP contribution >= 0.6 is 11.6 Å². The van der Waals surface area contributed by atoms with E-state index in [9.17, 15) is 14.4 Å². The van der Waals surface area contributed by atoms with Crippen molar-refractivity contribution in [3.05, 3.63) is 58.1 Å². The van der Waals surface area contributed by atoms with Crippen molar-refractivity contribution in [1.29, 1.82) is 0 Å². The third-order valence-electron chi connectivity index (χ3n) is 5.14. The maximum absolute atomic E-state index is 12.4. The maximum atomic E-state index is 12.4. The molecule has 1 aliphatic heterocycles. The number of anilines is 2. The van der Waals surface area contributed by atoms with Crippen molar-refractivity contribution in [2.75, 3.05) is 23.4 Å². The Morgan fingerprint density at radius 2 is 1.93 bits per heavy atom. The predicted molar refractivity (Wildman–Crippen MR) is 112 cm³/mol. The summed E-state index contributed by atoms with van der Waals surface area (Å²) in [6, 6.07) is 10.9. The van der Waals surface area contributed by atoms with Gasteiger partial charge in [-0.05, 0) is 55.7 Å². The van der Waals surface area contributed by atoms with Gasteiger partial charge in [0, 0.05) is 29.4 Å². The largest absolute Gasteiger partial charge is 0.455 e. The number of hydrogen-bond donors (Lipinski definition) is 1. The Morgan fingerprint density at radius 3 is 2.69 bits per heavy atom. The summed E-state index contributed by atoms with van der Waals surface area (Å²) in [4.78, 5) is 38.6. The Hall–Kier alpha value is -2.86. The van der Waals surface area contributed by atoms with E-state index in [1.165, 1.54) is 0 Å². The first-order valence-electron chi connectivity index (χ1n) is 9.35. The summed E-state index contributed by atoms with van der Waals surface area (Å²) in [5.74, 6) is -1.73. The van der Waals surface area contributed by atoms with E-state index in [2.05, 4.69) is 5.32 Å².